The van der Waals surface area contributed by atoms with Crippen molar-refractivity contribution in [2.45, 2.75) is 12.8 Å². The Kier molecular flexibility index (Phi) is 5.70. The topological polar surface area (TPSA) is 50.8 Å². The predicted molar refractivity (Wildman–Crippen MR) is 100 cm³/mol. The number of rotatable bonds is 5. The highest BCUT2D eigenvalue weighted by Gasteiger charge is 2.22. The second kappa shape index (κ2) is 8.00. The third-order valence-corrected chi connectivity index (χ3v) is 4.67. The van der Waals surface area contributed by atoms with Crippen LogP contribution in [0, 0.1) is 11.6 Å². The molecule has 2 aromatic carbocycles. The summed E-state index contributed by atoms with van der Waals surface area (Å²) in [4.78, 5) is 14.1. The number of amides is 1. The second-order valence-electron chi connectivity index (χ2n) is 6.13. The van der Waals surface area contributed by atoms with Gasteiger partial charge in [0.25, 0.3) is 5.91 Å². The molecule has 1 heterocycles. The largest absolute Gasteiger partial charge is 0.493 e. The monoisotopic (exact) mass is 396 g/mol. The SMILES string of the molecule is COc1cc(C(=O)Nc2cc(F)c(N3CCCC3)c(F)c2)cc(Cl)c1OC. The lowest BCUT2D eigenvalue weighted by Gasteiger charge is -2.20. The molecule has 2 aromatic rings. The maximum Gasteiger partial charge on any atom is 0.255 e. The first-order chi connectivity index (χ1) is 12.9. The molecule has 0 saturated carbocycles. The highest BCUT2D eigenvalue weighted by atomic mass is 35.5. The molecule has 0 spiro atoms. The van der Waals surface area contributed by atoms with E-state index in [-0.39, 0.29) is 27.7 Å². The molecule has 1 saturated heterocycles. The highest BCUT2D eigenvalue weighted by molar-refractivity contribution is 6.32. The van der Waals surface area contributed by atoms with E-state index in [9.17, 15) is 13.6 Å². The van der Waals surface area contributed by atoms with Gasteiger partial charge in [-0.15, -0.1) is 0 Å². The van der Waals surface area contributed by atoms with Gasteiger partial charge in [-0.3, -0.25) is 4.79 Å². The van der Waals surface area contributed by atoms with Crippen LogP contribution in [0.3, 0.4) is 0 Å². The standard InChI is InChI=1S/C19H19ClF2N2O3/c1-26-16-8-11(7-13(20)18(16)27-2)19(25)23-12-9-14(21)17(15(22)10-12)24-5-3-4-6-24/h7-10H,3-6H2,1-2H3,(H,23,25). The quantitative estimate of drug-likeness (QED) is 0.809. The molecular weight excluding hydrogens is 378 g/mol. The molecule has 3 rings (SSSR count). The summed E-state index contributed by atoms with van der Waals surface area (Å²) >= 11 is 6.09. The van der Waals surface area contributed by atoms with Gasteiger partial charge in [0, 0.05) is 24.3 Å². The zero-order chi connectivity index (χ0) is 19.6. The van der Waals surface area contributed by atoms with Gasteiger partial charge in [0.15, 0.2) is 23.1 Å². The molecule has 1 N–H and O–H groups in total. The molecule has 0 radical (unpaired) electrons. The zero-order valence-corrected chi connectivity index (χ0v) is 15.7. The fraction of sp³-hybridized carbons (Fsp3) is 0.316. The van der Waals surface area contributed by atoms with Crippen LogP contribution in [0.1, 0.15) is 23.2 Å². The van der Waals surface area contributed by atoms with Gasteiger partial charge in [0.2, 0.25) is 0 Å². The number of hydrogen-bond donors (Lipinski definition) is 1. The van der Waals surface area contributed by atoms with Gasteiger partial charge in [-0.25, -0.2) is 8.78 Å². The summed E-state index contributed by atoms with van der Waals surface area (Å²) in [6.45, 7) is 1.23. The summed E-state index contributed by atoms with van der Waals surface area (Å²) in [5, 5.41) is 2.67. The lowest BCUT2D eigenvalue weighted by atomic mass is 10.1. The van der Waals surface area contributed by atoms with E-state index in [2.05, 4.69) is 5.32 Å². The van der Waals surface area contributed by atoms with E-state index in [4.69, 9.17) is 21.1 Å². The van der Waals surface area contributed by atoms with Crippen molar-refractivity contribution < 1.29 is 23.0 Å². The Labute approximate surface area is 160 Å². The van der Waals surface area contributed by atoms with Crippen LogP contribution in [0.15, 0.2) is 24.3 Å². The minimum atomic E-state index is -0.711. The van der Waals surface area contributed by atoms with Crippen LogP contribution >= 0.6 is 11.6 Å². The van der Waals surface area contributed by atoms with Crippen LogP contribution in [0.2, 0.25) is 5.02 Å². The Bertz CT molecular complexity index is 847. The first-order valence-corrected chi connectivity index (χ1v) is 8.79. The number of ether oxygens (including phenoxy) is 2. The predicted octanol–water partition coefficient (Wildman–Crippen LogP) is 4.49. The molecule has 0 bridgehead atoms. The number of halogens is 3. The van der Waals surface area contributed by atoms with E-state index >= 15 is 0 Å². The van der Waals surface area contributed by atoms with Crippen molar-refractivity contribution in [1.82, 2.24) is 0 Å². The Balaban J connectivity index is 1.85. The van der Waals surface area contributed by atoms with Crippen LogP contribution in [0.4, 0.5) is 20.2 Å². The highest BCUT2D eigenvalue weighted by Crippen LogP contribution is 2.36. The van der Waals surface area contributed by atoms with Gasteiger partial charge in [0.05, 0.1) is 19.2 Å². The Hall–Kier alpha value is -2.54. The number of carbonyl (C=O) groups excluding carboxylic acids is 1. The average molecular weight is 397 g/mol. The van der Waals surface area contributed by atoms with Crippen LogP contribution in [-0.2, 0) is 0 Å². The van der Waals surface area contributed by atoms with Gasteiger partial charge in [-0.05, 0) is 37.1 Å². The summed E-state index contributed by atoms with van der Waals surface area (Å²) < 4.78 is 39.1. The van der Waals surface area contributed by atoms with Crippen molar-refractivity contribution >= 4 is 28.9 Å². The number of benzene rings is 2. The van der Waals surface area contributed by atoms with E-state index in [0.717, 1.165) is 25.0 Å². The number of methoxy groups -OCH3 is 2. The van der Waals surface area contributed by atoms with Crippen molar-refractivity contribution in [3.05, 3.63) is 46.5 Å². The zero-order valence-electron chi connectivity index (χ0n) is 14.9. The van der Waals surface area contributed by atoms with Crippen LogP contribution < -0.4 is 19.7 Å². The molecule has 1 aliphatic heterocycles. The fourth-order valence-electron chi connectivity index (χ4n) is 3.13. The van der Waals surface area contributed by atoms with Crippen molar-refractivity contribution in [3.63, 3.8) is 0 Å². The molecule has 0 atom stereocenters. The number of nitrogens with zero attached hydrogens (tertiary/aromatic N) is 1. The summed E-state index contributed by atoms with van der Waals surface area (Å²) in [6.07, 6.45) is 1.80. The number of anilines is 2. The number of nitrogens with one attached hydrogen (secondary N) is 1. The normalized spacial score (nSPS) is 13.6. The smallest absolute Gasteiger partial charge is 0.255 e. The van der Waals surface area contributed by atoms with Crippen molar-refractivity contribution in [2.75, 3.05) is 37.5 Å². The molecule has 27 heavy (non-hydrogen) atoms. The van der Waals surface area contributed by atoms with E-state index < -0.39 is 17.5 Å². The van der Waals surface area contributed by atoms with Crippen molar-refractivity contribution in [3.8, 4) is 11.5 Å². The van der Waals surface area contributed by atoms with E-state index in [1.54, 1.807) is 4.90 Å². The molecule has 8 heteroatoms. The molecule has 5 nitrogen and oxygen atoms in total. The molecule has 144 valence electrons. The Morgan fingerprint density at radius 2 is 1.70 bits per heavy atom. The van der Waals surface area contributed by atoms with E-state index in [1.807, 2.05) is 0 Å². The second-order valence-corrected chi connectivity index (χ2v) is 6.54. The summed E-state index contributed by atoms with van der Waals surface area (Å²) in [5.74, 6) is -1.43. The van der Waals surface area contributed by atoms with E-state index in [1.165, 1.54) is 26.4 Å². The molecule has 0 aliphatic carbocycles. The third-order valence-electron chi connectivity index (χ3n) is 4.39. The maximum atomic E-state index is 14.4. The fourth-order valence-corrected chi connectivity index (χ4v) is 3.42. The van der Waals surface area contributed by atoms with Crippen molar-refractivity contribution in [2.24, 2.45) is 0 Å². The van der Waals surface area contributed by atoms with E-state index in [0.29, 0.717) is 18.8 Å². The molecule has 1 amide bonds. The molecule has 0 aromatic heterocycles. The summed E-state index contributed by atoms with van der Waals surface area (Å²) in [6, 6.07) is 5.04. The molecule has 1 aliphatic rings. The van der Waals surface area contributed by atoms with Gasteiger partial charge < -0.3 is 19.7 Å². The average Bonchev–Trinajstić information content (AvgIpc) is 3.14. The molecular formula is C19H19ClF2N2O3. The van der Waals surface area contributed by atoms with Crippen LogP contribution in [-0.4, -0.2) is 33.2 Å². The van der Waals surface area contributed by atoms with Gasteiger partial charge in [-0.2, -0.15) is 0 Å². The lowest BCUT2D eigenvalue weighted by Crippen LogP contribution is -2.21. The maximum absolute atomic E-state index is 14.4. The van der Waals surface area contributed by atoms with Crippen LogP contribution in [0.25, 0.3) is 0 Å². The first-order valence-electron chi connectivity index (χ1n) is 8.41. The van der Waals surface area contributed by atoms with Crippen LogP contribution in [0.5, 0.6) is 11.5 Å². The molecule has 1 fully saturated rings. The Morgan fingerprint density at radius 3 is 2.26 bits per heavy atom. The van der Waals surface area contributed by atoms with Gasteiger partial charge in [0.1, 0.15) is 5.69 Å². The summed E-state index contributed by atoms with van der Waals surface area (Å²) in [7, 11) is 2.84. The third kappa shape index (κ3) is 3.93. The summed E-state index contributed by atoms with van der Waals surface area (Å²) in [5.41, 5.74) is 0.130. The number of hydrogen-bond acceptors (Lipinski definition) is 4. The minimum Gasteiger partial charge on any atom is -0.493 e. The minimum absolute atomic E-state index is 0.0175. The Morgan fingerprint density at radius 1 is 1.07 bits per heavy atom. The van der Waals surface area contributed by atoms with Gasteiger partial charge in [-0.1, -0.05) is 11.6 Å². The molecule has 0 unspecified atom stereocenters. The number of carbonyl (C=O) groups is 1. The van der Waals surface area contributed by atoms with Gasteiger partial charge >= 0.3 is 0 Å². The first kappa shape index (κ1) is 19.2. The van der Waals surface area contributed by atoms with Crippen molar-refractivity contribution in [1.29, 1.82) is 0 Å². The lowest BCUT2D eigenvalue weighted by molar-refractivity contribution is 0.102.